The highest BCUT2D eigenvalue weighted by atomic mass is 32.2. The standard InChI is InChI=1S/C19H20N4O3S/c1-4-5-27-19-22-16-15(18(26)23-19)13(9-14(24)21-16)17(25)20-12-7-10(2)6-11(3)8-12/h4,6-8,13H,1,5,9H2,2-3H3,(H,20,25)(H2,21,22,23,24,26)/t13-/m1/s1. The van der Waals surface area contributed by atoms with E-state index < -0.39 is 17.4 Å². The van der Waals surface area contributed by atoms with E-state index in [0.717, 1.165) is 11.1 Å². The molecule has 0 saturated carbocycles. The van der Waals surface area contributed by atoms with Gasteiger partial charge in [0.25, 0.3) is 5.56 Å². The smallest absolute Gasteiger partial charge is 0.257 e. The van der Waals surface area contributed by atoms with Gasteiger partial charge in [0, 0.05) is 17.9 Å². The normalized spacial score (nSPS) is 15.6. The molecule has 8 heteroatoms. The summed E-state index contributed by atoms with van der Waals surface area (Å²) in [6.07, 6.45) is 1.58. The highest BCUT2D eigenvalue weighted by Crippen LogP contribution is 2.30. The zero-order valence-corrected chi connectivity index (χ0v) is 15.9. The average molecular weight is 384 g/mol. The minimum Gasteiger partial charge on any atom is -0.326 e. The van der Waals surface area contributed by atoms with Crippen LogP contribution in [0.15, 0.2) is 40.8 Å². The summed E-state index contributed by atoms with van der Waals surface area (Å²) in [5.41, 5.74) is 2.41. The maximum atomic E-state index is 12.8. The number of hydrogen-bond donors (Lipinski definition) is 3. The summed E-state index contributed by atoms with van der Waals surface area (Å²) < 4.78 is 0. The van der Waals surface area contributed by atoms with Crippen LogP contribution in [-0.4, -0.2) is 27.5 Å². The second-order valence-electron chi connectivity index (χ2n) is 6.40. The Labute approximate surface area is 160 Å². The molecule has 0 bridgehead atoms. The lowest BCUT2D eigenvalue weighted by Gasteiger charge is -2.23. The first kappa shape index (κ1) is 18.9. The van der Waals surface area contributed by atoms with E-state index in [-0.39, 0.29) is 23.7 Å². The lowest BCUT2D eigenvalue weighted by atomic mass is 9.92. The van der Waals surface area contributed by atoms with Crippen molar-refractivity contribution in [3.8, 4) is 0 Å². The Morgan fingerprint density at radius 1 is 1.33 bits per heavy atom. The van der Waals surface area contributed by atoms with Crippen LogP contribution in [0.4, 0.5) is 11.5 Å². The van der Waals surface area contributed by atoms with Gasteiger partial charge in [0.2, 0.25) is 11.8 Å². The molecule has 1 atom stereocenters. The summed E-state index contributed by atoms with van der Waals surface area (Å²) in [5.74, 6) is -0.950. The molecule has 7 nitrogen and oxygen atoms in total. The van der Waals surface area contributed by atoms with Crippen molar-refractivity contribution < 1.29 is 9.59 Å². The summed E-state index contributed by atoms with van der Waals surface area (Å²) in [4.78, 5) is 44.4. The molecule has 27 heavy (non-hydrogen) atoms. The molecule has 3 N–H and O–H groups in total. The van der Waals surface area contributed by atoms with E-state index in [1.165, 1.54) is 11.8 Å². The van der Waals surface area contributed by atoms with Crippen LogP contribution < -0.4 is 16.2 Å². The van der Waals surface area contributed by atoms with Crippen LogP contribution in [0.1, 0.15) is 29.0 Å². The van der Waals surface area contributed by atoms with E-state index in [1.54, 1.807) is 6.08 Å². The first-order valence-corrected chi connectivity index (χ1v) is 9.43. The van der Waals surface area contributed by atoms with E-state index in [9.17, 15) is 14.4 Å². The SMILES string of the molecule is C=CCSc1nc2c(c(=O)[nH]1)[C@H](C(=O)Nc1cc(C)cc(C)c1)CC(=O)N2. The third-order valence-electron chi connectivity index (χ3n) is 4.07. The molecular weight excluding hydrogens is 364 g/mol. The number of fused-ring (bicyclic) bond motifs is 1. The highest BCUT2D eigenvalue weighted by Gasteiger charge is 2.34. The first-order valence-electron chi connectivity index (χ1n) is 8.44. The van der Waals surface area contributed by atoms with Crippen molar-refractivity contribution in [2.75, 3.05) is 16.4 Å². The third-order valence-corrected chi connectivity index (χ3v) is 4.94. The first-order chi connectivity index (χ1) is 12.9. The lowest BCUT2D eigenvalue weighted by Crippen LogP contribution is -2.36. The molecule has 2 aromatic rings. The van der Waals surface area contributed by atoms with Gasteiger partial charge in [0.15, 0.2) is 5.16 Å². The van der Waals surface area contributed by atoms with Crippen molar-refractivity contribution in [1.82, 2.24) is 9.97 Å². The van der Waals surface area contributed by atoms with E-state index in [2.05, 4.69) is 27.2 Å². The van der Waals surface area contributed by atoms with Gasteiger partial charge in [-0.3, -0.25) is 14.4 Å². The van der Waals surface area contributed by atoms with Gasteiger partial charge >= 0.3 is 0 Å². The number of aromatic nitrogens is 2. The molecule has 1 aromatic heterocycles. The van der Waals surface area contributed by atoms with Crippen molar-refractivity contribution in [1.29, 1.82) is 0 Å². The zero-order valence-electron chi connectivity index (χ0n) is 15.1. The summed E-state index contributed by atoms with van der Waals surface area (Å²) in [6, 6.07) is 5.68. The largest absolute Gasteiger partial charge is 0.326 e. The molecular formula is C19H20N4O3S. The topological polar surface area (TPSA) is 104 Å². The van der Waals surface area contributed by atoms with Gasteiger partial charge in [-0.15, -0.1) is 6.58 Å². The fourth-order valence-electron chi connectivity index (χ4n) is 3.06. The molecule has 1 aromatic carbocycles. The van der Waals surface area contributed by atoms with Gasteiger partial charge < -0.3 is 15.6 Å². The number of anilines is 2. The minimum atomic E-state index is -0.899. The number of hydrogen-bond acceptors (Lipinski definition) is 5. The third kappa shape index (κ3) is 4.28. The molecule has 0 spiro atoms. The number of thioether (sulfide) groups is 1. The molecule has 0 radical (unpaired) electrons. The predicted molar refractivity (Wildman–Crippen MR) is 106 cm³/mol. The maximum absolute atomic E-state index is 12.8. The number of rotatable bonds is 5. The van der Waals surface area contributed by atoms with Crippen LogP contribution in [0.5, 0.6) is 0 Å². The number of aromatic amines is 1. The number of carbonyl (C=O) groups is 2. The summed E-state index contributed by atoms with van der Waals surface area (Å²) in [6.45, 7) is 7.49. The number of benzene rings is 1. The molecule has 0 fully saturated rings. The number of nitrogens with one attached hydrogen (secondary N) is 3. The number of H-pyrrole nitrogens is 1. The fourth-order valence-corrected chi connectivity index (χ4v) is 3.65. The maximum Gasteiger partial charge on any atom is 0.257 e. The van der Waals surface area contributed by atoms with Crippen LogP contribution in [0.25, 0.3) is 0 Å². The van der Waals surface area contributed by atoms with Gasteiger partial charge in [-0.25, -0.2) is 4.98 Å². The number of amides is 2. The Hall–Kier alpha value is -2.87. The molecule has 3 rings (SSSR count). The van der Waals surface area contributed by atoms with Crippen molar-refractivity contribution in [2.24, 2.45) is 0 Å². The fraction of sp³-hybridized carbons (Fsp3) is 0.263. The number of aryl methyl sites for hydroxylation is 2. The molecule has 1 aliphatic rings. The van der Waals surface area contributed by atoms with Crippen LogP contribution in [0, 0.1) is 13.8 Å². The van der Waals surface area contributed by atoms with Gasteiger partial charge in [0.1, 0.15) is 5.82 Å². The van der Waals surface area contributed by atoms with Crippen molar-refractivity contribution >= 4 is 35.1 Å². The monoisotopic (exact) mass is 384 g/mol. The molecule has 1 aliphatic heterocycles. The van der Waals surface area contributed by atoms with Crippen LogP contribution in [0.3, 0.4) is 0 Å². The van der Waals surface area contributed by atoms with Crippen molar-refractivity contribution in [2.45, 2.75) is 31.3 Å². The molecule has 140 valence electrons. The number of nitrogens with zero attached hydrogens (tertiary/aromatic N) is 1. The van der Waals surface area contributed by atoms with Crippen LogP contribution in [-0.2, 0) is 9.59 Å². The van der Waals surface area contributed by atoms with E-state index in [4.69, 9.17) is 0 Å². The van der Waals surface area contributed by atoms with Crippen molar-refractivity contribution in [3.05, 3.63) is 57.9 Å². The number of carbonyl (C=O) groups excluding carboxylic acids is 2. The van der Waals surface area contributed by atoms with Gasteiger partial charge in [-0.05, 0) is 37.1 Å². The van der Waals surface area contributed by atoms with Gasteiger partial charge in [-0.1, -0.05) is 23.9 Å². The average Bonchev–Trinajstić information content (AvgIpc) is 2.57. The van der Waals surface area contributed by atoms with Gasteiger partial charge in [-0.2, -0.15) is 0 Å². The van der Waals surface area contributed by atoms with E-state index in [0.29, 0.717) is 16.6 Å². The second kappa shape index (κ2) is 7.79. The van der Waals surface area contributed by atoms with Crippen molar-refractivity contribution in [3.63, 3.8) is 0 Å². The Morgan fingerprint density at radius 2 is 2.04 bits per heavy atom. The highest BCUT2D eigenvalue weighted by molar-refractivity contribution is 7.99. The molecule has 0 unspecified atom stereocenters. The Bertz CT molecular complexity index is 963. The summed E-state index contributed by atoms with van der Waals surface area (Å²) in [5, 5.41) is 5.78. The Morgan fingerprint density at radius 3 is 2.70 bits per heavy atom. The van der Waals surface area contributed by atoms with E-state index >= 15 is 0 Å². The molecule has 0 saturated heterocycles. The summed E-state index contributed by atoms with van der Waals surface area (Å²) >= 11 is 1.29. The van der Waals surface area contributed by atoms with E-state index in [1.807, 2.05) is 32.0 Å². The molecule has 0 aliphatic carbocycles. The van der Waals surface area contributed by atoms with Gasteiger partial charge in [0.05, 0.1) is 11.5 Å². The summed E-state index contributed by atoms with van der Waals surface area (Å²) in [7, 11) is 0. The van der Waals surface area contributed by atoms with Crippen LogP contribution in [0.2, 0.25) is 0 Å². The van der Waals surface area contributed by atoms with Crippen LogP contribution >= 0.6 is 11.8 Å². The minimum absolute atomic E-state index is 0.104. The lowest BCUT2D eigenvalue weighted by molar-refractivity contribution is -0.123. The second-order valence-corrected chi connectivity index (χ2v) is 7.41. The Balaban J connectivity index is 1.93. The quantitative estimate of drug-likeness (QED) is 0.418. The predicted octanol–water partition coefficient (Wildman–Crippen LogP) is 2.73. The molecule has 2 heterocycles. The molecule has 2 amide bonds. The Kier molecular flexibility index (Phi) is 5.46. The zero-order chi connectivity index (χ0) is 19.6.